The SMILES string of the molecule is CCCn1nnnc1CN(C)C(C)c1ccc(S(N)(=O)=O)cc1. The van der Waals surface area contributed by atoms with Crippen LogP contribution >= 0.6 is 0 Å². The number of tetrazole rings is 1. The van der Waals surface area contributed by atoms with Gasteiger partial charge in [-0.1, -0.05) is 19.1 Å². The summed E-state index contributed by atoms with van der Waals surface area (Å²) in [6.07, 6.45) is 0.965. The number of aromatic nitrogens is 4. The van der Waals surface area contributed by atoms with Gasteiger partial charge in [-0.05, 0) is 48.5 Å². The van der Waals surface area contributed by atoms with Crippen LogP contribution in [0.5, 0.6) is 0 Å². The van der Waals surface area contributed by atoms with Gasteiger partial charge in [-0.2, -0.15) is 0 Å². The van der Waals surface area contributed by atoms with Gasteiger partial charge in [0.05, 0.1) is 11.4 Å². The Labute approximate surface area is 136 Å². The second kappa shape index (κ2) is 7.16. The molecular formula is C14H22N6O2S. The lowest BCUT2D eigenvalue weighted by atomic mass is 10.1. The van der Waals surface area contributed by atoms with Gasteiger partial charge in [0.25, 0.3) is 0 Å². The summed E-state index contributed by atoms with van der Waals surface area (Å²) in [4.78, 5) is 2.21. The number of hydrogen-bond acceptors (Lipinski definition) is 6. The molecule has 0 fully saturated rings. The molecule has 0 aliphatic rings. The first kappa shape index (κ1) is 17.5. The molecule has 0 saturated carbocycles. The average Bonchev–Trinajstić information content (AvgIpc) is 2.93. The number of aryl methyl sites for hydroxylation is 1. The minimum Gasteiger partial charge on any atom is -0.292 e. The zero-order valence-electron chi connectivity index (χ0n) is 13.5. The Kier molecular flexibility index (Phi) is 5.45. The topological polar surface area (TPSA) is 107 Å². The van der Waals surface area contributed by atoms with Gasteiger partial charge in [0.1, 0.15) is 0 Å². The van der Waals surface area contributed by atoms with E-state index < -0.39 is 10.0 Å². The van der Waals surface area contributed by atoms with Crippen molar-refractivity contribution >= 4 is 10.0 Å². The molecule has 1 aromatic carbocycles. The molecule has 8 nitrogen and oxygen atoms in total. The zero-order chi connectivity index (χ0) is 17.0. The van der Waals surface area contributed by atoms with E-state index in [1.807, 2.05) is 14.0 Å². The summed E-state index contributed by atoms with van der Waals surface area (Å²) >= 11 is 0. The Hall–Kier alpha value is -1.84. The third-order valence-corrected chi connectivity index (χ3v) is 4.71. The van der Waals surface area contributed by atoms with E-state index in [9.17, 15) is 8.42 Å². The first-order chi connectivity index (χ1) is 10.8. The van der Waals surface area contributed by atoms with Gasteiger partial charge in [-0.3, -0.25) is 4.90 Å². The summed E-state index contributed by atoms with van der Waals surface area (Å²) in [7, 11) is -1.69. The highest BCUT2D eigenvalue weighted by molar-refractivity contribution is 7.89. The molecular weight excluding hydrogens is 316 g/mol. The Balaban J connectivity index is 2.10. The molecule has 0 radical (unpaired) electrons. The summed E-state index contributed by atoms with van der Waals surface area (Å²) < 4.78 is 24.4. The van der Waals surface area contributed by atoms with Gasteiger partial charge >= 0.3 is 0 Å². The molecule has 1 atom stereocenters. The second-order valence-corrected chi connectivity index (χ2v) is 7.08. The van der Waals surface area contributed by atoms with E-state index in [0.717, 1.165) is 24.4 Å². The normalized spacial score (nSPS) is 13.4. The van der Waals surface area contributed by atoms with Crippen LogP contribution in [0, 0.1) is 0 Å². The number of rotatable bonds is 7. The third kappa shape index (κ3) is 4.34. The fraction of sp³-hybridized carbons (Fsp3) is 0.500. The van der Waals surface area contributed by atoms with Gasteiger partial charge < -0.3 is 0 Å². The summed E-state index contributed by atoms with van der Waals surface area (Å²) in [5.74, 6) is 0.808. The van der Waals surface area contributed by atoms with E-state index in [4.69, 9.17) is 5.14 Å². The first-order valence-corrected chi connectivity index (χ1v) is 8.95. The molecule has 2 aromatic rings. The van der Waals surface area contributed by atoms with Gasteiger partial charge in [0.2, 0.25) is 10.0 Å². The van der Waals surface area contributed by atoms with E-state index in [1.165, 1.54) is 12.1 Å². The van der Waals surface area contributed by atoms with Gasteiger partial charge in [-0.15, -0.1) is 5.10 Å². The highest BCUT2D eigenvalue weighted by Crippen LogP contribution is 2.21. The van der Waals surface area contributed by atoms with Crippen LogP contribution in [0.1, 0.15) is 37.7 Å². The van der Waals surface area contributed by atoms with Crippen molar-refractivity contribution in [2.45, 2.75) is 44.3 Å². The van der Waals surface area contributed by atoms with E-state index in [1.54, 1.807) is 16.8 Å². The maximum Gasteiger partial charge on any atom is 0.238 e. The lowest BCUT2D eigenvalue weighted by molar-refractivity contribution is 0.241. The van der Waals surface area contributed by atoms with Crippen molar-refractivity contribution in [3.8, 4) is 0 Å². The van der Waals surface area contributed by atoms with Crippen molar-refractivity contribution in [2.75, 3.05) is 7.05 Å². The predicted molar refractivity (Wildman–Crippen MR) is 85.8 cm³/mol. The lowest BCUT2D eigenvalue weighted by Crippen LogP contribution is -2.24. The van der Waals surface area contributed by atoms with Gasteiger partial charge in [-0.25, -0.2) is 18.2 Å². The van der Waals surface area contributed by atoms with Crippen LogP contribution in [0.2, 0.25) is 0 Å². The Morgan fingerprint density at radius 2 is 1.96 bits per heavy atom. The quantitative estimate of drug-likeness (QED) is 0.804. The lowest BCUT2D eigenvalue weighted by Gasteiger charge is -2.24. The number of nitrogens with zero attached hydrogens (tertiary/aromatic N) is 5. The standard InChI is InChI=1S/C14H22N6O2S/c1-4-9-20-14(16-17-18-20)10-19(3)11(2)12-5-7-13(8-6-12)23(15,21)22/h5-8,11H,4,9-10H2,1-3H3,(H2,15,21,22). The molecule has 1 aromatic heterocycles. The molecule has 0 saturated heterocycles. The van der Waals surface area contributed by atoms with E-state index in [0.29, 0.717) is 6.54 Å². The first-order valence-electron chi connectivity index (χ1n) is 7.41. The molecule has 0 aliphatic heterocycles. The summed E-state index contributed by atoms with van der Waals surface area (Å²) in [5.41, 5.74) is 0.995. The fourth-order valence-corrected chi connectivity index (χ4v) is 2.79. The van der Waals surface area contributed by atoms with Crippen molar-refractivity contribution in [1.82, 2.24) is 25.1 Å². The van der Waals surface area contributed by atoms with E-state index in [-0.39, 0.29) is 10.9 Å². The number of primary sulfonamides is 1. The van der Waals surface area contributed by atoms with Crippen LogP contribution < -0.4 is 5.14 Å². The van der Waals surface area contributed by atoms with Gasteiger partial charge in [0, 0.05) is 12.6 Å². The molecule has 23 heavy (non-hydrogen) atoms. The molecule has 9 heteroatoms. The smallest absolute Gasteiger partial charge is 0.238 e. The van der Waals surface area contributed by atoms with Crippen molar-refractivity contribution in [1.29, 1.82) is 0 Å². The van der Waals surface area contributed by atoms with Crippen LogP contribution in [-0.4, -0.2) is 40.6 Å². The van der Waals surface area contributed by atoms with Crippen molar-refractivity contribution in [2.24, 2.45) is 5.14 Å². The minimum atomic E-state index is -3.66. The Morgan fingerprint density at radius 1 is 1.30 bits per heavy atom. The molecule has 1 heterocycles. The second-order valence-electron chi connectivity index (χ2n) is 5.52. The van der Waals surface area contributed by atoms with E-state index in [2.05, 4.69) is 27.3 Å². The molecule has 0 amide bonds. The Morgan fingerprint density at radius 3 is 2.52 bits per heavy atom. The zero-order valence-corrected chi connectivity index (χ0v) is 14.4. The number of benzene rings is 1. The highest BCUT2D eigenvalue weighted by atomic mass is 32.2. The Bertz CT molecular complexity index is 741. The molecule has 0 spiro atoms. The average molecular weight is 338 g/mol. The van der Waals surface area contributed by atoms with Crippen molar-refractivity contribution < 1.29 is 8.42 Å². The van der Waals surface area contributed by atoms with Crippen molar-refractivity contribution in [3.05, 3.63) is 35.7 Å². The van der Waals surface area contributed by atoms with Gasteiger partial charge in [0.15, 0.2) is 5.82 Å². The number of sulfonamides is 1. The maximum atomic E-state index is 11.3. The minimum absolute atomic E-state index is 0.0799. The third-order valence-electron chi connectivity index (χ3n) is 3.78. The van der Waals surface area contributed by atoms with Crippen LogP contribution in [0.25, 0.3) is 0 Å². The van der Waals surface area contributed by atoms with Crippen LogP contribution in [0.4, 0.5) is 0 Å². The molecule has 2 N–H and O–H groups in total. The molecule has 126 valence electrons. The summed E-state index contributed by atoms with van der Waals surface area (Å²) in [6, 6.07) is 6.68. The molecule has 1 unspecified atom stereocenters. The predicted octanol–water partition coefficient (Wildman–Crippen LogP) is 0.924. The molecule has 0 aliphatic carbocycles. The summed E-state index contributed by atoms with van der Waals surface area (Å²) in [6.45, 7) is 5.50. The van der Waals surface area contributed by atoms with Crippen molar-refractivity contribution in [3.63, 3.8) is 0 Å². The monoisotopic (exact) mass is 338 g/mol. The van der Waals surface area contributed by atoms with Crippen LogP contribution in [-0.2, 0) is 23.1 Å². The van der Waals surface area contributed by atoms with Crippen LogP contribution in [0.3, 0.4) is 0 Å². The number of nitrogens with two attached hydrogens (primary N) is 1. The van der Waals surface area contributed by atoms with E-state index >= 15 is 0 Å². The maximum absolute atomic E-state index is 11.3. The number of hydrogen-bond donors (Lipinski definition) is 1. The summed E-state index contributed by atoms with van der Waals surface area (Å²) in [5, 5.41) is 16.9. The van der Waals surface area contributed by atoms with Crippen LogP contribution in [0.15, 0.2) is 29.2 Å². The fourth-order valence-electron chi connectivity index (χ4n) is 2.27. The molecule has 2 rings (SSSR count). The molecule has 0 bridgehead atoms. The largest absolute Gasteiger partial charge is 0.292 e. The highest BCUT2D eigenvalue weighted by Gasteiger charge is 2.16.